The molecule has 0 spiro atoms. The van der Waals surface area contributed by atoms with E-state index in [-0.39, 0.29) is 24.5 Å². The summed E-state index contributed by atoms with van der Waals surface area (Å²) in [5.74, 6) is -5.13. The molecule has 1 saturated heterocycles. The zero-order valence-electron chi connectivity index (χ0n) is 12.8. The van der Waals surface area contributed by atoms with E-state index in [1.807, 2.05) is 0 Å². The molecule has 0 unspecified atom stereocenters. The fourth-order valence-electron chi connectivity index (χ4n) is 3.06. The number of halogens is 1. The lowest BCUT2D eigenvalue weighted by Crippen LogP contribution is -2.31. The van der Waals surface area contributed by atoms with E-state index < -0.39 is 35.5 Å². The summed E-state index contributed by atoms with van der Waals surface area (Å²) >= 11 is 0. The molecular weight excluding hydrogens is 333 g/mol. The molecule has 0 saturated carbocycles. The number of amides is 1. The summed E-state index contributed by atoms with van der Waals surface area (Å²) in [6.07, 6.45) is 1.09. The number of carboxylic acids is 2. The number of carbonyl (C=O) groups is 3. The Hall–Kier alpha value is -3.23. The average Bonchev–Trinajstić information content (AvgIpc) is 3.21. The minimum absolute atomic E-state index is 0.0329. The first-order valence-corrected chi connectivity index (χ1v) is 7.42. The number of aromatic carboxylic acids is 1. The number of imidazole rings is 1. The van der Waals surface area contributed by atoms with E-state index in [9.17, 15) is 23.9 Å². The Morgan fingerprint density at radius 3 is 2.64 bits per heavy atom. The predicted molar refractivity (Wildman–Crippen MR) is 81.7 cm³/mol. The van der Waals surface area contributed by atoms with Crippen LogP contribution in [0.4, 0.5) is 4.39 Å². The first-order chi connectivity index (χ1) is 11.9. The van der Waals surface area contributed by atoms with Crippen molar-refractivity contribution in [3.63, 3.8) is 0 Å². The Morgan fingerprint density at radius 2 is 2.00 bits per heavy atom. The normalized spacial score (nSPS) is 19.8. The fourth-order valence-corrected chi connectivity index (χ4v) is 3.06. The van der Waals surface area contributed by atoms with Crippen LogP contribution >= 0.6 is 0 Å². The average molecular weight is 347 g/mol. The van der Waals surface area contributed by atoms with Crippen LogP contribution in [0.3, 0.4) is 0 Å². The van der Waals surface area contributed by atoms with Gasteiger partial charge in [-0.15, -0.1) is 0 Å². The number of H-pyrrole nitrogens is 1. The Bertz CT molecular complexity index is 850. The number of aliphatic carboxylic acids is 1. The van der Waals surface area contributed by atoms with Crippen molar-refractivity contribution in [3.05, 3.63) is 53.4 Å². The maximum atomic E-state index is 13.5. The topological polar surface area (TPSA) is 124 Å². The molecule has 2 heterocycles. The number of carbonyl (C=O) groups excluding carboxylic acids is 1. The van der Waals surface area contributed by atoms with Crippen molar-refractivity contribution in [2.24, 2.45) is 5.92 Å². The Balaban J connectivity index is 1.89. The summed E-state index contributed by atoms with van der Waals surface area (Å²) in [7, 11) is 0. The molecule has 3 N–H and O–H groups in total. The van der Waals surface area contributed by atoms with Crippen molar-refractivity contribution < 1.29 is 29.0 Å². The second-order valence-corrected chi connectivity index (χ2v) is 5.75. The van der Waals surface area contributed by atoms with Gasteiger partial charge in [0.2, 0.25) is 0 Å². The molecule has 0 aliphatic carbocycles. The molecule has 2 aromatic rings. The zero-order valence-corrected chi connectivity index (χ0v) is 12.8. The highest BCUT2D eigenvalue weighted by atomic mass is 19.1. The van der Waals surface area contributed by atoms with Crippen molar-refractivity contribution in [1.82, 2.24) is 14.9 Å². The van der Waals surface area contributed by atoms with Crippen LogP contribution in [0.15, 0.2) is 30.6 Å². The number of likely N-dealkylation sites (tertiary alicyclic amines) is 1. The van der Waals surface area contributed by atoms with Crippen LogP contribution in [-0.2, 0) is 4.79 Å². The number of benzene rings is 1. The Labute approximate surface area is 140 Å². The molecule has 1 aliphatic rings. The molecule has 25 heavy (non-hydrogen) atoms. The second-order valence-electron chi connectivity index (χ2n) is 5.75. The summed E-state index contributed by atoms with van der Waals surface area (Å²) in [6.45, 7) is -0.0769. The maximum absolute atomic E-state index is 13.5. The fraction of sp³-hybridized carbons (Fsp3) is 0.250. The minimum atomic E-state index is -1.34. The van der Waals surface area contributed by atoms with Gasteiger partial charge in [0.15, 0.2) is 11.4 Å². The monoisotopic (exact) mass is 347 g/mol. The van der Waals surface area contributed by atoms with Gasteiger partial charge >= 0.3 is 11.9 Å². The molecule has 1 amide bonds. The van der Waals surface area contributed by atoms with Gasteiger partial charge in [0, 0.05) is 19.0 Å². The van der Waals surface area contributed by atoms with Gasteiger partial charge in [-0.2, -0.15) is 0 Å². The summed E-state index contributed by atoms with van der Waals surface area (Å²) < 4.78 is 13.5. The van der Waals surface area contributed by atoms with E-state index in [0.29, 0.717) is 5.56 Å². The minimum Gasteiger partial charge on any atom is -0.481 e. The van der Waals surface area contributed by atoms with Gasteiger partial charge in [0.05, 0.1) is 12.2 Å². The largest absolute Gasteiger partial charge is 0.481 e. The van der Waals surface area contributed by atoms with Crippen molar-refractivity contribution in [2.45, 2.75) is 5.92 Å². The van der Waals surface area contributed by atoms with E-state index in [1.165, 1.54) is 23.1 Å². The number of hydrogen-bond donors (Lipinski definition) is 3. The molecule has 1 fully saturated rings. The van der Waals surface area contributed by atoms with Gasteiger partial charge in [0.1, 0.15) is 5.82 Å². The van der Waals surface area contributed by atoms with Gasteiger partial charge < -0.3 is 20.1 Å². The molecule has 130 valence electrons. The molecular formula is C16H14FN3O5. The first-order valence-electron chi connectivity index (χ1n) is 7.42. The SMILES string of the molecule is O=C(O)c1[nH]cnc1C(=O)N1C[C@H](C(=O)O)[C@@H](c2cccc(F)c2)C1. The van der Waals surface area contributed by atoms with Crippen LogP contribution in [0.1, 0.15) is 32.5 Å². The highest BCUT2D eigenvalue weighted by Crippen LogP contribution is 2.34. The summed E-state index contributed by atoms with van der Waals surface area (Å²) in [5.41, 5.74) is -0.161. The number of hydrogen-bond acceptors (Lipinski definition) is 4. The third-order valence-electron chi connectivity index (χ3n) is 4.26. The number of carboxylic acid groups (broad SMARTS) is 2. The van der Waals surface area contributed by atoms with Crippen molar-refractivity contribution in [1.29, 1.82) is 0 Å². The summed E-state index contributed by atoms with van der Waals surface area (Å²) in [4.78, 5) is 42.6. The molecule has 1 aromatic heterocycles. The first kappa shape index (κ1) is 16.6. The number of rotatable bonds is 4. The molecule has 9 heteroatoms. The van der Waals surface area contributed by atoms with Crippen LogP contribution in [0.5, 0.6) is 0 Å². The van der Waals surface area contributed by atoms with E-state index in [4.69, 9.17) is 5.11 Å². The van der Waals surface area contributed by atoms with E-state index in [1.54, 1.807) is 6.07 Å². The second kappa shape index (κ2) is 6.34. The van der Waals surface area contributed by atoms with Gasteiger partial charge in [0.25, 0.3) is 5.91 Å². The number of nitrogens with one attached hydrogen (secondary N) is 1. The highest BCUT2D eigenvalue weighted by molar-refractivity contribution is 6.02. The zero-order chi connectivity index (χ0) is 18.1. The summed E-state index contributed by atoms with van der Waals surface area (Å²) in [5, 5.41) is 18.5. The molecule has 1 aliphatic heterocycles. The van der Waals surface area contributed by atoms with E-state index in [2.05, 4.69) is 9.97 Å². The van der Waals surface area contributed by atoms with Crippen molar-refractivity contribution in [2.75, 3.05) is 13.1 Å². The quantitative estimate of drug-likeness (QED) is 0.763. The number of aromatic nitrogens is 2. The van der Waals surface area contributed by atoms with Gasteiger partial charge in [-0.3, -0.25) is 9.59 Å². The third-order valence-corrected chi connectivity index (χ3v) is 4.26. The van der Waals surface area contributed by atoms with E-state index in [0.717, 1.165) is 6.33 Å². The Kier molecular flexibility index (Phi) is 4.22. The maximum Gasteiger partial charge on any atom is 0.354 e. The smallest absolute Gasteiger partial charge is 0.354 e. The molecule has 0 bridgehead atoms. The van der Waals surface area contributed by atoms with Crippen LogP contribution in [0, 0.1) is 11.7 Å². The predicted octanol–water partition coefficient (Wildman–Crippen LogP) is 1.19. The van der Waals surface area contributed by atoms with Gasteiger partial charge in [-0.1, -0.05) is 12.1 Å². The lowest BCUT2D eigenvalue weighted by Gasteiger charge is -2.16. The molecule has 1 aromatic carbocycles. The van der Waals surface area contributed by atoms with Crippen molar-refractivity contribution >= 4 is 17.8 Å². The van der Waals surface area contributed by atoms with E-state index >= 15 is 0 Å². The van der Waals surface area contributed by atoms with Crippen LogP contribution < -0.4 is 0 Å². The Morgan fingerprint density at radius 1 is 1.24 bits per heavy atom. The highest BCUT2D eigenvalue weighted by Gasteiger charge is 2.41. The molecule has 0 radical (unpaired) electrons. The van der Waals surface area contributed by atoms with Crippen LogP contribution in [-0.4, -0.2) is 56.0 Å². The molecule has 2 atom stereocenters. The summed E-state index contributed by atoms with van der Waals surface area (Å²) in [6, 6.07) is 5.57. The van der Waals surface area contributed by atoms with Crippen LogP contribution in [0.2, 0.25) is 0 Å². The van der Waals surface area contributed by atoms with Crippen LogP contribution in [0.25, 0.3) is 0 Å². The number of nitrogens with zero attached hydrogens (tertiary/aromatic N) is 2. The van der Waals surface area contributed by atoms with Gasteiger partial charge in [-0.05, 0) is 17.7 Å². The van der Waals surface area contributed by atoms with Gasteiger partial charge in [-0.25, -0.2) is 14.2 Å². The standard InChI is InChI=1S/C16H14FN3O5/c17-9-3-1-2-8(4-9)10-5-20(6-11(10)15(22)23)14(21)12-13(16(24)25)19-7-18-12/h1-4,7,10-11H,5-6H2,(H,18,19)(H,22,23)(H,24,25)/t10-,11+/m1/s1. The lowest BCUT2D eigenvalue weighted by molar-refractivity contribution is -0.141. The molecule has 8 nitrogen and oxygen atoms in total. The molecule has 3 rings (SSSR count). The lowest BCUT2D eigenvalue weighted by atomic mass is 9.89. The third kappa shape index (κ3) is 3.08. The van der Waals surface area contributed by atoms with Crippen molar-refractivity contribution in [3.8, 4) is 0 Å². The number of aromatic amines is 1.